The Bertz CT molecular complexity index is 1010. The van der Waals surface area contributed by atoms with Crippen LogP contribution in [0, 0.1) is 0 Å². The number of amides is 2. The third-order valence-electron chi connectivity index (χ3n) is 5.82. The third-order valence-corrected chi connectivity index (χ3v) is 5.82. The SMILES string of the molecule is CC(=O)[C@H](CC(=O)O)NC(=O)[C@@H]1CCCN1C(=O)[C@@H]([NH-])Cc1ccc(-c2ccccc2)cc1.[Y]. The predicted octanol–water partition coefficient (Wildman–Crippen LogP) is 2.85. The van der Waals surface area contributed by atoms with E-state index in [0.717, 1.165) is 16.7 Å². The van der Waals surface area contributed by atoms with Gasteiger partial charge in [-0.3, -0.25) is 19.2 Å². The second-order valence-corrected chi connectivity index (χ2v) is 8.28. The van der Waals surface area contributed by atoms with Gasteiger partial charge < -0.3 is 21.1 Å². The molecule has 34 heavy (non-hydrogen) atoms. The van der Waals surface area contributed by atoms with E-state index >= 15 is 0 Å². The average molecular weight is 539 g/mol. The van der Waals surface area contributed by atoms with E-state index in [1.54, 1.807) is 0 Å². The fourth-order valence-corrected chi connectivity index (χ4v) is 4.03. The summed E-state index contributed by atoms with van der Waals surface area (Å²) in [5.41, 5.74) is 11.4. The molecule has 3 atom stereocenters. The van der Waals surface area contributed by atoms with Crippen LogP contribution < -0.4 is 5.32 Å². The van der Waals surface area contributed by atoms with Crippen molar-refractivity contribution in [3.8, 4) is 11.1 Å². The Morgan fingerprint density at radius 3 is 2.26 bits per heavy atom. The molecule has 3 rings (SSSR count). The van der Waals surface area contributed by atoms with E-state index in [4.69, 9.17) is 10.8 Å². The number of carboxylic acid groups (broad SMARTS) is 1. The van der Waals surface area contributed by atoms with Gasteiger partial charge in [-0.2, -0.15) is 0 Å². The van der Waals surface area contributed by atoms with Crippen LogP contribution in [0.15, 0.2) is 54.6 Å². The van der Waals surface area contributed by atoms with E-state index in [1.807, 2.05) is 54.6 Å². The minimum atomic E-state index is -1.20. The number of hydrogen-bond donors (Lipinski definition) is 2. The summed E-state index contributed by atoms with van der Waals surface area (Å²) in [5, 5.41) is 11.4. The molecule has 2 aromatic carbocycles. The van der Waals surface area contributed by atoms with Gasteiger partial charge in [-0.05, 0) is 42.9 Å². The topological polar surface area (TPSA) is 128 Å². The van der Waals surface area contributed by atoms with E-state index in [9.17, 15) is 19.2 Å². The number of likely N-dealkylation sites (tertiary alicyclic amines) is 1. The third kappa shape index (κ3) is 7.29. The monoisotopic (exact) mass is 539 g/mol. The Morgan fingerprint density at radius 2 is 1.68 bits per heavy atom. The number of aliphatic carboxylic acids is 1. The Balaban J connectivity index is 0.00000408. The summed E-state index contributed by atoms with van der Waals surface area (Å²) in [6, 6.07) is 14.6. The first-order valence-electron chi connectivity index (χ1n) is 10.9. The van der Waals surface area contributed by atoms with Crippen molar-refractivity contribution >= 4 is 23.6 Å². The maximum absolute atomic E-state index is 12.9. The van der Waals surface area contributed by atoms with E-state index in [0.29, 0.717) is 19.4 Å². The van der Waals surface area contributed by atoms with E-state index in [2.05, 4.69) is 5.32 Å². The first-order valence-corrected chi connectivity index (χ1v) is 10.9. The molecule has 0 aromatic heterocycles. The molecule has 0 aliphatic carbocycles. The summed E-state index contributed by atoms with van der Waals surface area (Å²) in [6.07, 6.45) is 0.718. The van der Waals surface area contributed by atoms with Gasteiger partial charge in [0.25, 0.3) is 0 Å². The molecular formula is C25H28N3O5Y-. The molecule has 9 heteroatoms. The maximum Gasteiger partial charge on any atom is 0.305 e. The fraction of sp³-hybridized carbons (Fsp3) is 0.360. The number of carbonyl (C=O) groups excluding carboxylic acids is 3. The zero-order chi connectivity index (χ0) is 24.0. The van der Waals surface area contributed by atoms with Crippen LogP contribution in [0.5, 0.6) is 0 Å². The van der Waals surface area contributed by atoms with Crippen molar-refractivity contribution < 1.29 is 57.0 Å². The molecule has 177 valence electrons. The van der Waals surface area contributed by atoms with E-state index < -0.39 is 48.1 Å². The second kappa shape index (κ2) is 12.9. The van der Waals surface area contributed by atoms with Crippen LogP contribution in [-0.2, 0) is 58.3 Å². The molecule has 2 aromatic rings. The Hall–Kier alpha value is -2.42. The van der Waals surface area contributed by atoms with Gasteiger partial charge in [0, 0.05) is 39.3 Å². The number of ketones is 1. The molecule has 1 radical (unpaired) electrons. The molecule has 0 unspecified atom stereocenters. The first-order chi connectivity index (χ1) is 15.8. The zero-order valence-corrected chi connectivity index (χ0v) is 21.9. The van der Waals surface area contributed by atoms with Crippen molar-refractivity contribution in [3.63, 3.8) is 0 Å². The summed E-state index contributed by atoms with van der Waals surface area (Å²) in [5.74, 6) is -2.66. The molecule has 3 N–H and O–H groups in total. The summed E-state index contributed by atoms with van der Waals surface area (Å²) in [6.45, 7) is 1.57. The number of Topliss-reactive ketones (excluding diaryl/α,β-unsaturated/α-hetero) is 1. The number of carboxylic acids is 1. The van der Waals surface area contributed by atoms with Gasteiger partial charge in [0.05, 0.1) is 12.5 Å². The quantitative estimate of drug-likeness (QED) is 0.507. The van der Waals surface area contributed by atoms with E-state index in [1.165, 1.54) is 11.8 Å². The molecule has 1 aliphatic rings. The maximum atomic E-state index is 12.9. The smallest absolute Gasteiger partial charge is 0.305 e. The van der Waals surface area contributed by atoms with Gasteiger partial charge >= 0.3 is 5.97 Å². The van der Waals surface area contributed by atoms with Gasteiger partial charge in [0.2, 0.25) is 11.8 Å². The normalized spacial score (nSPS) is 16.8. The molecule has 8 nitrogen and oxygen atoms in total. The van der Waals surface area contributed by atoms with Gasteiger partial charge in [-0.1, -0.05) is 60.6 Å². The Morgan fingerprint density at radius 1 is 1.06 bits per heavy atom. The first kappa shape index (κ1) is 27.8. The summed E-state index contributed by atoms with van der Waals surface area (Å²) >= 11 is 0. The minimum Gasteiger partial charge on any atom is -0.667 e. The molecule has 0 bridgehead atoms. The Kier molecular flexibility index (Phi) is 10.5. The number of hydrogen-bond acceptors (Lipinski definition) is 4. The van der Waals surface area contributed by atoms with Crippen molar-refractivity contribution in [2.45, 2.75) is 50.7 Å². The van der Waals surface area contributed by atoms with Crippen LogP contribution >= 0.6 is 0 Å². The van der Waals surface area contributed by atoms with Gasteiger partial charge in [0.15, 0.2) is 5.78 Å². The number of benzene rings is 2. The molecular weight excluding hydrogens is 511 g/mol. The number of rotatable bonds is 9. The van der Waals surface area contributed by atoms with E-state index in [-0.39, 0.29) is 39.1 Å². The van der Waals surface area contributed by atoms with Gasteiger partial charge in [0.1, 0.15) is 6.04 Å². The summed E-state index contributed by atoms with van der Waals surface area (Å²) in [7, 11) is 0. The minimum absolute atomic E-state index is 0. The molecule has 0 spiro atoms. The summed E-state index contributed by atoms with van der Waals surface area (Å²) in [4.78, 5) is 49.7. The van der Waals surface area contributed by atoms with Crippen molar-refractivity contribution in [1.29, 1.82) is 0 Å². The molecule has 2 amide bonds. The van der Waals surface area contributed by atoms with Crippen molar-refractivity contribution in [3.05, 3.63) is 65.9 Å². The Labute approximate surface area is 224 Å². The van der Waals surface area contributed by atoms with Crippen molar-refractivity contribution in [2.24, 2.45) is 0 Å². The standard InChI is InChI=1S/C25H28N3O5.Y/c1-16(29)21(15-23(30)31)27-24(32)22-8-5-13-28(22)25(33)20(26)14-17-9-11-19(12-10-17)18-6-3-2-4-7-18;/h2-4,6-7,9-12,20-22,26H,5,8,13-15H2,1H3,(H,27,32)(H,30,31);/q-1;/t20-,21-,22-;/m0./s1. The average Bonchev–Trinajstić information content (AvgIpc) is 3.29. The van der Waals surface area contributed by atoms with Crippen molar-refractivity contribution in [1.82, 2.24) is 10.2 Å². The number of carbonyl (C=O) groups is 4. The zero-order valence-electron chi connectivity index (χ0n) is 19.1. The molecule has 1 saturated heterocycles. The number of nitrogens with one attached hydrogen (secondary N) is 2. The summed E-state index contributed by atoms with van der Waals surface area (Å²) < 4.78 is 0. The van der Waals surface area contributed by atoms with Crippen LogP contribution in [0.25, 0.3) is 16.9 Å². The molecule has 0 saturated carbocycles. The van der Waals surface area contributed by atoms with Crippen LogP contribution in [0.3, 0.4) is 0 Å². The van der Waals surface area contributed by atoms with Gasteiger partial charge in [-0.15, -0.1) is 0 Å². The van der Waals surface area contributed by atoms with Crippen molar-refractivity contribution in [2.75, 3.05) is 6.54 Å². The molecule has 1 aliphatic heterocycles. The van der Waals surface area contributed by atoms with Gasteiger partial charge in [-0.25, -0.2) is 0 Å². The van der Waals surface area contributed by atoms with Crippen LogP contribution in [0.1, 0.15) is 31.7 Å². The van der Waals surface area contributed by atoms with Crippen LogP contribution in [0.4, 0.5) is 0 Å². The van der Waals surface area contributed by atoms with Crippen LogP contribution in [0.2, 0.25) is 0 Å². The van der Waals surface area contributed by atoms with Crippen LogP contribution in [-0.4, -0.2) is 58.2 Å². The predicted molar refractivity (Wildman–Crippen MR) is 123 cm³/mol. The molecule has 1 heterocycles. The molecule has 1 fully saturated rings. The number of nitrogens with zero attached hydrogens (tertiary/aromatic N) is 1. The fourth-order valence-electron chi connectivity index (χ4n) is 4.03. The largest absolute Gasteiger partial charge is 0.667 e. The second-order valence-electron chi connectivity index (χ2n) is 8.28.